The van der Waals surface area contributed by atoms with Gasteiger partial charge in [0, 0.05) is 12.1 Å². The number of nitrogens with one attached hydrogen (secondary N) is 1. The maximum Gasteiger partial charge on any atom is 0.0613 e. The number of aromatic nitrogens is 1. The fourth-order valence-electron chi connectivity index (χ4n) is 7.59. The van der Waals surface area contributed by atoms with Gasteiger partial charge in [0.2, 0.25) is 0 Å². The molecule has 2 heteroatoms. The first-order chi connectivity index (χ1) is 20.2. The lowest BCUT2D eigenvalue weighted by Gasteiger charge is -2.35. The van der Waals surface area contributed by atoms with Crippen molar-refractivity contribution in [2.45, 2.75) is 57.8 Å². The van der Waals surface area contributed by atoms with E-state index in [2.05, 4.69) is 90.8 Å². The van der Waals surface area contributed by atoms with Crippen LogP contribution >= 0.6 is 0 Å². The number of rotatable bonds is 5. The van der Waals surface area contributed by atoms with Crippen LogP contribution < -0.4 is 5.73 Å². The van der Waals surface area contributed by atoms with Crippen molar-refractivity contribution >= 4 is 22.0 Å². The fraction of sp³-hybridized carbons (Fsp3) is 0.282. The molecule has 1 heterocycles. The van der Waals surface area contributed by atoms with Crippen molar-refractivity contribution in [3.8, 4) is 11.1 Å². The van der Waals surface area contributed by atoms with E-state index >= 15 is 0 Å². The van der Waals surface area contributed by atoms with Gasteiger partial charge in [0.05, 0.1) is 11.4 Å². The molecule has 0 radical (unpaired) electrons. The molecule has 0 saturated carbocycles. The lowest BCUT2D eigenvalue weighted by Crippen LogP contribution is -2.22. The first kappa shape index (κ1) is 25.9. The fourth-order valence-corrected chi connectivity index (χ4v) is 7.59. The van der Waals surface area contributed by atoms with Crippen molar-refractivity contribution in [3.05, 3.63) is 131 Å². The third-order valence-electron chi connectivity index (χ3n) is 9.70. The number of fused-ring (bicyclic) bond motifs is 3. The summed E-state index contributed by atoms with van der Waals surface area (Å²) in [6.07, 6.45) is 24.8. The van der Waals surface area contributed by atoms with Gasteiger partial charge >= 0.3 is 0 Å². The van der Waals surface area contributed by atoms with E-state index in [0.717, 1.165) is 17.3 Å². The number of allylic oxidation sites excluding steroid dienone is 7. The first-order valence-electron chi connectivity index (χ1n) is 15.5. The standard InChI is InChI=1S/C39H40N2/c1-26(19-22-36(40)37-18-9-23-41-37)28-12-8-13-30(24-28)38-32-14-4-6-16-34(32)39(35-17-7-5-15-33(35)38)31-21-20-27-10-2-3-11-29(27)25-31/h3-4,6,8-9,11-14,16,18-24,27,29,31,41H,2,5,7,10,15,17,25,40H2,1H3/b26-19+,36-22-. The largest absolute Gasteiger partial charge is 0.397 e. The minimum Gasteiger partial charge on any atom is -0.397 e. The molecule has 0 bridgehead atoms. The number of nitrogens with two attached hydrogens (primary N) is 1. The van der Waals surface area contributed by atoms with Crippen LogP contribution in [0.25, 0.3) is 33.2 Å². The predicted molar refractivity (Wildman–Crippen MR) is 174 cm³/mol. The summed E-state index contributed by atoms with van der Waals surface area (Å²) in [6.45, 7) is 2.18. The Kier molecular flexibility index (Phi) is 7.00. The molecule has 3 aliphatic rings. The van der Waals surface area contributed by atoms with Gasteiger partial charge in [-0.3, -0.25) is 0 Å². The van der Waals surface area contributed by atoms with Gasteiger partial charge in [0.25, 0.3) is 0 Å². The highest BCUT2D eigenvalue weighted by atomic mass is 14.7. The molecular formula is C39H40N2. The van der Waals surface area contributed by atoms with E-state index in [-0.39, 0.29) is 0 Å². The zero-order valence-corrected chi connectivity index (χ0v) is 24.1. The van der Waals surface area contributed by atoms with Crippen LogP contribution in [0.15, 0.2) is 103 Å². The van der Waals surface area contributed by atoms with Crippen molar-refractivity contribution in [2.24, 2.45) is 17.6 Å². The molecule has 3 N–H and O–H groups in total. The number of H-pyrrole nitrogens is 1. The molecule has 0 fully saturated rings. The van der Waals surface area contributed by atoms with E-state index in [9.17, 15) is 0 Å². The Morgan fingerprint density at radius 3 is 2.56 bits per heavy atom. The Morgan fingerprint density at radius 2 is 1.71 bits per heavy atom. The molecule has 2 nitrogen and oxygen atoms in total. The molecule has 3 atom stereocenters. The summed E-state index contributed by atoms with van der Waals surface area (Å²) in [6, 6.07) is 22.3. The average molecular weight is 537 g/mol. The summed E-state index contributed by atoms with van der Waals surface area (Å²) in [4.78, 5) is 3.19. The Labute approximate surface area is 244 Å². The van der Waals surface area contributed by atoms with Crippen molar-refractivity contribution < 1.29 is 0 Å². The molecule has 3 aliphatic carbocycles. The van der Waals surface area contributed by atoms with E-state index < -0.39 is 0 Å². The van der Waals surface area contributed by atoms with Gasteiger partial charge < -0.3 is 10.7 Å². The highest BCUT2D eigenvalue weighted by molar-refractivity contribution is 6.02. The topological polar surface area (TPSA) is 41.8 Å². The van der Waals surface area contributed by atoms with Crippen LogP contribution in [0.5, 0.6) is 0 Å². The summed E-state index contributed by atoms with van der Waals surface area (Å²) in [5.74, 6) is 1.91. The lowest BCUT2D eigenvalue weighted by molar-refractivity contribution is 0.373. The van der Waals surface area contributed by atoms with Crippen LogP contribution in [-0.2, 0) is 12.8 Å². The Balaban J connectivity index is 1.34. The van der Waals surface area contributed by atoms with Crippen molar-refractivity contribution in [1.29, 1.82) is 0 Å². The monoisotopic (exact) mass is 536 g/mol. The molecule has 3 unspecified atom stereocenters. The minimum absolute atomic E-state index is 0.498. The second kappa shape index (κ2) is 11.1. The van der Waals surface area contributed by atoms with Crippen LogP contribution in [-0.4, -0.2) is 4.98 Å². The lowest BCUT2D eigenvalue weighted by atomic mass is 9.69. The molecule has 0 aliphatic heterocycles. The average Bonchev–Trinajstić information content (AvgIpc) is 3.57. The molecule has 3 aromatic carbocycles. The molecule has 0 amide bonds. The van der Waals surface area contributed by atoms with Crippen LogP contribution in [0, 0.1) is 11.8 Å². The van der Waals surface area contributed by atoms with E-state index in [1.54, 1.807) is 16.7 Å². The number of aromatic amines is 1. The summed E-state index contributed by atoms with van der Waals surface area (Å²) in [5.41, 5.74) is 18.1. The third kappa shape index (κ3) is 4.90. The molecule has 1 aromatic heterocycles. The van der Waals surface area contributed by atoms with Crippen LogP contribution in [0.3, 0.4) is 0 Å². The second-order valence-corrected chi connectivity index (χ2v) is 12.2. The molecule has 0 spiro atoms. The Morgan fingerprint density at radius 1 is 0.854 bits per heavy atom. The number of benzene rings is 3. The van der Waals surface area contributed by atoms with Gasteiger partial charge in [0.15, 0.2) is 0 Å². The summed E-state index contributed by atoms with van der Waals surface area (Å²) in [5, 5.41) is 2.86. The van der Waals surface area contributed by atoms with Gasteiger partial charge in [-0.05, 0) is 138 Å². The van der Waals surface area contributed by atoms with Crippen molar-refractivity contribution in [2.75, 3.05) is 0 Å². The Hall–Kier alpha value is -4.04. The maximum absolute atomic E-state index is 6.31. The smallest absolute Gasteiger partial charge is 0.0613 e. The van der Waals surface area contributed by atoms with Gasteiger partial charge in [-0.25, -0.2) is 0 Å². The number of hydrogen-bond donors (Lipinski definition) is 2. The second-order valence-electron chi connectivity index (χ2n) is 12.2. The molecule has 7 rings (SSSR count). The first-order valence-corrected chi connectivity index (χ1v) is 15.5. The highest BCUT2D eigenvalue weighted by Gasteiger charge is 2.31. The van der Waals surface area contributed by atoms with E-state index in [1.165, 1.54) is 78.0 Å². The third-order valence-corrected chi connectivity index (χ3v) is 9.70. The SMILES string of the molecule is C/C(=C\C=C(/N)c1ccc[nH]1)c1cccc(-c2c3c(c(C4C=CC5CCC=CC5C4)c4ccccc24)CCCC3)c1. The quantitative estimate of drug-likeness (QED) is 0.193. The molecule has 41 heavy (non-hydrogen) atoms. The van der Waals surface area contributed by atoms with Crippen LogP contribution in [0.1, 0.15) is 72.9 Å². The van der Waals surface area contributed by atoms with E-state index in [0.29, 0.717) is 11.8 Å². The van der Waals surface area contributed by atoms with Gasteiger partial charge in [0.1, 0.15) is 0 Å². The number of hydrogen-bond acceptors (Lipinski definition) is 1. The molecule has 0 saturated heterocycles. The maximum atomic E-state index is 6.31. The van der Waals surface area contributed by atoms with Gasteiger partial charge in [-0.15, -0.1) is 0 Å². The summed E-state index contributed by atoms with van der Waals surface area (Å²) >= 11 is 0. The van der Waals surface area contributed by atoms with E-state index in [4.69, 9.17) is 5.73 Å². The molecule has 206 valence electrons. The van der Waals surface area contributed by atoms with Crippen molar-refractivity contribution in [1.82, 2.24) is 4.98 Å². The molecule has 4 aromatic rings. The van der Waals surface area contributed by atoms with Gasteiger partial charge in [-0.2, -0.15) is 0 Å². The normalized spacial score (nSPS) is 22.5. The minimum atomic E-state index is 0.498. The van der Waals surface area contributed by atoms with E-state index in [1.807, 2.05) is 24.4 Å². The van der Waals surface area contributed by atoms with Crippen LogP contribution in [0.4, 0.5) is 0 Å². The van der Waals surface area contributed by atoms with Gasteiger partial charge in [-0.1, -0.05) is 72.8 Å². The zero-order chi connectivity index (χ0) is 27.8. The van der Waals surface area contributed by atoms with Crippen molar-refractivity contribution in [3.63, 3.8) is 0 Å². The Bertz CT molecular complexity index is 1700. The summed E-state index contributed by atoms with van der Waals surface area (Å²) < 4.78 is 0. The predicted octanol–water partition coefficient (Wildman–Crippen LogP) is 9.74. The molecular weight excluding hydrogens is 496 g/mol. The zero-order valence-electron chi connectivity index (χ0n) is 24.1. The van der Waals surface area contributed by atoms with Crippen LogP contribution in [0.2, 0.25) is 0 Å². The summed E-state index contributed by atoms with van der Waals surface area (Å²) in [7, 11) is 0. The highest BCUT2D eigenvalue weighted by Crippen LogP contribution is 2.48.